The van der Waals surface area contributed by atoms with E-state index in [2.05, 4.69) is 17.3 Å². The number of hydrogen-bond acceptors (Lipinski definition) is 4. The third-order valence-corrected chi connectivity index (χ3v) is 4.80. The highest BCUT2D eigenvalue weighted by molar-refractivity contribution is 7.98. The maximum absolute atomic E-state index is 11.7. The summed E-state index contributed by atoms with van der Waals surface area (Å²) in [5.41, 5.74) is 5.83. The molecule has 4 nitrogen and oxygen atoms in total. The molecular weight excluding hydrogens is 341 g/mol. The molecule has 0 aromatic heterocycles. The van der Waals surface area contributed by atoms with Gasteiger partial charge in [-0.1, -0.05) is 19.3 Å². The predicted octanol–water partition coefficient (Wildman–Crippen LogP) is 2.68. The van der Waals surface area contributed by atoms with E-state index in [-0.39, 0.29) is 36.8 Å². The van der Waals surface area contributed by atoms with Crippen LogP contribution in [0.1, 0.15) is 44.9 Å². The molecule has 1 rings (SSSR count). The van der Waals surface area contributed by atoms with Crippen molar-refractivity contribution in [2.75, 3.05) is 32.1 Å². The van der Waals surface area contributed by atoms with Crippen molar-refractivity contribution in [3.63, 3.8) is 0 Å². The summed E-state index contributed by atoms with van der Waals surface area (Å²) in [6, 6.07) is 0.404. The van der Waals surface area contributed by atoms with Gasteiger partial charge in [0.1, 0.15) is 0 Å². The Balaban J connectivity index is 0. The van der Waals surface area contributed by atoms with Crippen LogP contribution in [0.15, 0.2) is 0 Å². The monoisotopic (exact) mass is 373 g/mol. The van der Waals surface area contributed by atoms with Gasteiger partial charge in [-0.15, -0.1) is 24.8 Å². The van der Waals surface area contributed by atoms with Crippen LogP contribution in [0.25, 0.3) is 0 Å². The van der Waals surface area contributed by atoms with Crippen LogP contribution in [-0.4, -0.2) is 55.0 Å². The molecule has 0 saturated heterocycles. The Morgan fingerprint density at radius 3 is 2.55 bits per heavy atom. The first-order valence-corrected chi connectivity index (χ1v) is 9.27. The van der Waals surface area contributed by atoms with Crippen molar-refractivity contribution in [1.82, 2.24) is 10.2 Å². The molecule has 3 N–H and O–H groups in total. The Bertz CT molecular complexity index is 280. The molecule has 0 aromatic rings. The first-order chi connectivity index (χ1) is 9.65. The lowest BCUT2D eigenvalue weighted by atomic mass is 9.94. The topological polar surface area (TPSA) is 58.4 Å². The number of nitrogens with one attached hydrogen (secondary N) is 1. The van der Waals surface area contributed by atoms with Gasteiger partial charge in [0.05, 0.1) is 6.04 Å². The molecule has 1 aliphatic carbocycles. The Kier molecular flexibility index (Phi) is 16.6. The van der Waals surface area contributed by atoms with Gasteiger partial charge >= 0.3 is 0 Å². The Hall–Kier alpha value is 0.320. The number of carbonyl (C=O) groups excluding carboxylic acids is 1. The highest BCUT2D eigenvalue weighted by Crippen LogP contribution is 2.21. The summed E-state index contributed by atoms with van der Waals surface area (Å²) >= 11 is 1.73. The molecular formula is C15H33Cl2N3OS. The van der Waals surface area contributed by atoms with Gasteiger partial charge < -0.3 is 16.0 Å². The molecule has 0 heterocycles. The first-order valence-electron chi connectivity index (χ1n) is 7.87. The zero-order valence-corrected chi connectivity index (χ0v) is 16.3. The second-order valence-corrected chi connectivity index (χ2v) is 6.79. The van der Waals surface area contributed by atoms with E-state index in [0.29, 0.717) is 0 Å². The highest BCUT2D eigenvalue weighted by atomic mass is 35.5. The van der Waals surface area contributed by atoms with E-state index in [1.54, 1.807) is 11.8 Å². The number of nitrogens with zero attached hydrogens (tertiary/aromatic N) is 1. The molecule has 22 heavy (non-hydrogen) atoms. The lowest BCUT2D eigenvalue weighted by molar-refractivity contribution is -0.122. The summed E-state index contributed by atoms with van der Waals surface area (Å²) in [6.45, 7) is 1.80. The van der Waals surface area contributed by atoms with E-state index in [4.69, 9.17) is 5.73 Å². The summed E-state index contributed by atoms with van der Waals surface area (Å²) < 4.78 is 0. The van der Waals surface area contributed by atoms with E-state index >= 15 is 0 Å². The summed E-state index contributed by atoms with van der Waals surface area (Å²) in [5.74, 6) is 0.943. The maximum atomic E-state index is 11.7. The van der Waals surface area contributed by atoms with E-state index < -0.39 is 0 Å². The number of hydrogen-bond donors (Lipinski definition) is 2. The minimum Gasteiger partial charge on any atom is -0.355 e. The van der Waals surface area contributed by atoms with E-state index in [9.17, 15) is 4.79 Å². The van der Waals surface area contributed by atoms with Crippen LogP contribution in [0.4, 0.5) is 0 Å². The van der Waals surface area contributed by atoms with Crippen LogP contribution in [-0.2, 0) is 4.79 Å². The molecule has 0 aliphatic heterocycles. The molecule has 1 amide bonds. The average molecular weight is 374 g/mol. The zero-order chi connectivity index (χ0) is 14.8. The summed E-state index contributed by atoms with van der Waals surface area (Å²) in [6.07, 6.45) is 10.6. The molecule has 1 saturated carbocycles. The minimum atomic E-state index is -0.349. The van der Waals surface area contributed by atoms with Gasteiger partial charge in [-0.25, -0.2) is 0 Å². The Morgan fingerprint density at radius 2 is 1.95 bits per heavy atom. The molecule has 0 radical (unpaired) electrons. The molecule has 0 spiro atoms. The Morgan fingerprint density at radius 1 is 1.32 bits per heavy atom. The SMILES string of the molecule is CSCC[C@H](N)C(=O)NCCCN(C)C1CCCCC1.Cl.Cl. The summed E-state index contributed by atoms with van der Waals surface area (Å²) in [7, 11) is 2.21. The van der Waals surface area contributed by atoms with Crippen molar-refractivity contribution in [2.45, 2.75) is 57.0 Å². The second-order valence-electron chi connectivity index (χ2n) is 5.80. The van der Waals surface area contributed by atoms with E-state index in [1.165, 1.54) is 32.1 Å². The van der Waals surface area contributed by atoms with Crippen molar-refractivity contribution < 1.29 is 4.79 Å². The van der Waals surface area contributed by atoms with Gasteiger partial charge in [0.15, 0.2) is 0 Å². The first kappa shape index (κ1) is 24.6. The smallest absolute Gasteiger partial charge is 0.236 e. The normalized spacial score (nSPS) is 16.5. The van der Waals surface area contributed by atoms with E-state index in [1.807, 2.05) is 6.26 Å². The average Bonchev–Trinajstić information content (AvgIpc) is 2.49. The second kappa shape index (κ2) is 14.9. The van der Waals surface area contributed by atoms with Gasteiger partial charge in [0, 0.05) is 12.6 Å². The van der Waals surface area contributed by atoms with Gasteiger partial charge in [-0.05, 0) is 51.3 Å². The van der Waals surface area contributed by atoms with Crippen molar-refractivity contribution in [2.24, 2.45) is 5.73 Å². The van der Waals surface area contributed by atoms with Crippen LogP contribution in [0.2, 0.25) is 0 Å². The molecule has 1 aliphatic rings. The van der Waals surface area contributed by atoms with Crippen LogP contribution in [0.3, 0.4) is 0 Å². The third-order valence-electron chi connectivity index (χ3n) is 4.15. The van der Waals surface area contributed by atoms with Gasteiger partial charge in [-0.2, -0.15) is 11.8 Å². The van der Waals surface area contributed by atoms with Crippen molar-refractivity contribution in [3.8, 4) is 0 Å². The number of halogens is 2. The van der Waals surface area contributed by atoms with Crippen LogP contribution in [0.5, 0.6) is 0 Å². The Labute approximate surface area is 152 Å². The third kappa shape index (κ3) is 10.2. The summed E-state index contributed by atoms with van der Waals surface area (Å²) in [5, 5.41) is 2.95. The minimum absolute atomic E-state index is 0. The lowest BCUT2D eigenvalue weighted by Gasteiger charge is -2.31. The standard InChI is InChI=1S/C15H31N3OS.2ClH/c1-18(13-7-4-3-5-8-13)11-6-10-17-15(19)14(16)9-12-20-2;;/h13-14H,3-12,16H2,1-2H3,(H,17,19);2*1H/t14-;;/m0../s1. The maximum Gasteiger partial charge on any atom is 0.236 e. The number of rotatable bonds is 9. The molecule has 0 aromatic carbocycles. The van der Waals surface area contributed by atoms with Gasteiger partial charge in [-0.3, -0.25) is 4.79 Å². The largest absolute Gasteiger partial charge is 0.355 e. The fourth-order valence-electron chi connectivity index (χ4n) is 2.75. The lowest BCUT2D eigenvalue weighted by Crippen LogP contribution is -2.42. The van der Waals surface area contributed by atoms with Crippen molar-refractivity contribution in [3.05, 3.63) is 0 Å². The molecule has 0 bridgehead atoms. The summed E-state index contributed by atoms with van der Waals surface area (Å²) in [4.78, 5) is 14.2. The molecule has 134 valence electrons. The highest BCUT2D eigenvalue weighted by Gasteiger charge is 2.17. The van der Waals surface area contributed by atoms with E-state index in [0.717, 1.165) is 37.7 Å². The van der Waals surface area contributed by atoms with Crippen LogP contribution in [0, 0.1) is 0 Å². The quantitative estimate of drug-likeness (QED) is 0.610. The number of amides is 1. The molecule has 0 unspecified atom stereocenters. The molecule has 1 fully saturated rings. The fraction of sp³-hybridized carbons (Fsp3) is 0.933. The number of carbonyl (C=O) groups is 1. The van der Waals surface area contributed by atoms with Crippen LogP contribution >= 0.6 is 36.6 Å². The van der Waals surface area contributed by atoms with Crippen molar-refractivity contribution >= 4 is 42.5 Å². The molecule has 7 heteroatoms. The number of nitrogens with two attached hydrogens (primary N) is 1. The molecule has 1 atom stereocenters. The number of thioether (sulfide) groups is 1. The van der Waals surface area contributed by atoms with Gasteiger partial charge in [0.25, 0.3) is 0 Å². The van der Waals surface area contributed by atoms with Gasteiger partial charge in [0.2, 0.25) is 5.91 Å². The van der Waals surface area contributed by atoms with Crippen LogP contribution < -0.4 is 11.1 Å². The fourth-order valence-corrected chi connectivity index (χ4v) is 3.24. The predicted molar refractivity (Wildman–Crippen MR) is 103 cm³/mol. The zero-order valence-electron chi connectivity index (χ0n) is 13.9. The van der Waals surface area contributed by atoms with Crippen molar-refractivity contribution in [1.29, 1.82) is 0 Å².